The molecule has 3 aliphatic rings. The van der Waals surface area contributed by atoms with E-state index in [0.717, 1.165) is 38.1 Å². The van der Waals surface area contributed by atoms with Gasteiger partial charge in [0.05, 0.1) is 19.3 Å². The van der Waals surface area contributed by atoms with Gasteiger partial charge in [-0.3, -0.25) is 9.69 Å². The lowest BCUT2D eigenvalue weighted by molar-refractivity contribution is -0.144. The van der Waals surface area contributed by atoms with Gasteiger partial charge in [-0.1, -0.05) is 25.1 Å². The summed E-state index contributed by atoms with van der Waals surface area (Å²) in [6.07, 6.45) is 7.91. The number of ether oxygens (including phenoxy) is 2. The van der Waals surface area contributed by atoms with Crippen molar-refractivity contribution in [1.82, 2.24) is 10.2 Å². The van der Waals surface area contributed by atoms with E-state index in [-0.39, 0.29) is 22.8 Å². The molecule has 5 unspecified atom stereocenters. The zero-order chi connectivity index (χ0) is 21.5. The Bertz CT molecular complexity index is 838. The number of rotatable bonds is 5. The summed E-state index contributed by atoms with van der Waals surface area (Å²) in [6, 6.07) is 7.18. The molecule has 1 N–H and O–H groups in total. The predicted octanol–water partition coefficient (Wildman–Crippen LogP) is 3.80. The van der Waals surface area contributed by atoms with Crippen molar-refractivity contribution in [2.75, 3.05) is 26.8 Å². The van der Waals surface area contributed by atoms with Crippen LogP contribution in [0.1, 0.15) is 51.2 Å². The molecule has 0 aliphatic carbocycles. The van der Waals surface area contributed by atoms with Crippen LogP contribution in [0.2, 0.25) is 0 Å². The molecule has 0 radical (unpaired) electrons. The molecule has 2 fully saturated rings. The zero-order valence-electron chi connectivity index (χ0n) is 19.0. The Hall–Kier alpha value is -1.85. The molecular weight excluding hydrogens is 376 g/mol. The van der Waals surface area contributed by atoms with Gasteiger partial charge in [-0.2, -0.15) is 0 Å². The van der Waals surface area contributed by atoms with Gasteiger partial charge < -0.3 is 14.8 Å². The Kier molecular flexibility index (Phi) is 5.71. The van der Waals surface area contributed by atoms with Crippen LogP contribution < -0.4 is 10.1 Å². The highest BCUT2D eigenvalue weighted by atomic mass is 16.5. The Morgan fingerprint density at radius 3 is 2.83 bits per heavy atom. The van der Waals surface area contributed by atoms with Gasteiger partial charge in [0.1, 0.15) is 5.75 Å². The second-order valence-electron chi connectivity index (χ2n) is 9.45. The van der Waals surface area contributed by atoms with Gasteiger partial charge in [0.2, 0.25) is 0 Å². The lowest BCUT2D eigenvalue weighted by atomic mass is 9.60. The molecule has 30 heavy (non-hydrogen) atoms. The molecule has 5 heteroatoms. The number of hydrogen-bond donors (Lipinski definition) is 1. The summed E-state index contributed by atoms with van der Waals surface area (Å²) in [5, 5.41) is 4.10. The number of methoxy groups -OCH3 is 1. The summed E-state index contributed by atoms with van der Waals surface area (Å²) in [4.78, 5) is 14.3. The molecule has 3 heterocycles. The first kappa shape index (κ1) is 21.4. The van der Waals surface area contributed by atoms with E-state index in [2.05, 4.69) is 61.3 Å². The molecular formula is C25H36N2O3. The molecule has 1 aromatic carbocycles. The first-order chi connectivity index (χ1) is 14.4. The monoisotopic (exact) mass is 412 g/mol. The number of carbonyl (C=O) groups is 1. The summed E-state index contributed by atoms with van der Waals surface area (Å²) in [5.74, 6) is 1.00. The SMILES string of the molecule is CCC12C=CCN3CCC(c4ccc(OC)cc4C)(NC(C)CC1COC(C)=O)C32. The summed E-state index contributed by atoms with van der Waals surface area (Å²) in [7, 11) is 1.73. The minimum absolute atomic E-state index is 0.0334. The summed E-state index contributed by atoms with van der Waals surface area (Å²) in [5.41, 5.74) is 2.49. The third kappa shape index (κ3) is 3.27. The number of nitrogens with zero attached hydrogens (tertiary/aromatic N) is 1. The molecule has 0 amide bonds. The van der Waals surface area contributed by atoms with E-state index < -0.39 is 0 Å². The molecule has 4 rings (SSSR count). The molecule has 3 aliphatic heterocycles. The van der Waals surface area contributed by atoms with Crippen LogP contribution in [-0.4, -0.2) is 49.8 Å². The third-order valence-corrected chi connectivity index (χ3v) is 7.82. The van der Waals surface area contributed by atoms with E-state index in [9.17, 15) is 4.79 Å². The number of hydrogen-bond acceptors (Lipinski definition) is 5. The Balaban J connectivity index is 1.86. The maximum atomic E-state index is 11.7. The largest absolute Gasteiger partial charge is 0.497 e. The van der Waals surface area contributed by atoms with E-state index in [4.69, 9.17) is 9.47 Å². The van der Waals surface area contributed by atoms with Gasteiger partial charge >= 0.3 is 5.97 Å². The smallest absolute Gasteiger partial charge is 0.302 e. The third-order valence-electron chi connectivity index (χ3n) is 7.82. The van der Waals surface area contributed by atoms with Gasteiger partial charge in [-0.25, -0.2) is 0 Å². The fourth-order valence-electron chi connectivity index (χ4n) is 6.71. The van der Waals surface area contributed by atoms with E-state index in [1.807, 2.05) is 0 Å². The van der Waals surface area contributed by atoms with Gasteiger partial charge in [0.15, 0.2) is 0 Å². The highest BCUT2D eigenvalue weighted by molar-refractivity contribution is 5.65. The topological polar surface area (TPSA) is 50.8 Å². The Morgan fingerprint density at radius 1 is 1.37 bits per heavy atom. The van der Waals surface area contributed by atoms with Crippen molar-refractivity contribution >= 4 is 5.97 Å². The number of esters is 1. The highest BCUT2D eigenvalue weighted by Gasteiger charge is 2.62. The summed E-state index contributed by atoms with van der Waals surface area (Å²) in [6.45, 7) is 10.8. The lowest BCUT2D eigenvalue weighted by Gasteiger charge is -2.52. The van der Waals surface area contributed by atoms with Gasteiger partial charge in [0, 0.05) is 43.4 Å². The number of aryl methyl sites for hydroxylation is 1. The van der Waals surface area contributed by atoms with Gasteiger partial charge in [0.25, 0.3) is 0 Å². The molecule has 5 nitrogen and oxygen atoms in total. The van der Waals surface area contributed by atoms with Crippen LogP contribution in [-0.2, 0) is 15.1 Å². The molecule has 0 aromatic heterocycles. The molecule has 0 spiro atoms. The first-order valence-corrected chi connectivity index (χ1v) is 11.3. The minimum Gasteiger partial charge on any atom is -0.497 e. The molecule has 164 valence electrons. The van der Waals surface area contributed by atoms with Crippen LogP contribution in [0.15, 0.2) is 30.4 Å². The molecule has 1 aromatic rings. The fraction of sp³-hybridized carbons (Fsp3) is 0.640. The minimum atomic E-state index is -0.188. The number of carbonyl (C=O) groups excluding carboxylic acids is 1. The average Bonchev–Trinajstić information content (AvgIpc) is 3.05. The number of benzene rings is 1. The van der Waals surface area contributed by atoms with Crippen LogP contribution in [0.5, 0.6) is 5.75 Å². The maximum Gasteiger partial charge on any atom is 0.302 e. The van der Waals surface area contributed by atoms with E-state index in [1.165, 1.54) is 18.1 Å². The van der Waals surface area contributed by atoms with Crippen molar-refractivity contribution in [2.24, 2.45) is 11.3 Å². The van der Waals surface area contributed by atoms with Crippen molar-refractivity contribution in [3.05, 3.63) is 41.5 Å². The predicted molar refractivity (Wildman–Crippen MR) is 119 cm³/mol. The first-order valence-electron chi connectivity index (χ1n) is 11.3. The van der Waals surface area contributed by atoms with E-state index in [1.54, 1.807) is 7.11 Å². The van der Waals surface area contributed by atoms with Crippen molar-refractivity contribution < 1.29 is 14.3 Å². The summed E-state index contributed by atoms with van der Waals surface area (Å²) < 4.78 is 11.1. The van der Waals surface area contributed by atoms with Gasteiger partial charge in [-0.05, 0) is 56.4 Å². The highest BCUT2D eigenvalue weighted by Crippen LogP contribution is 2.56. The van der Waals surface area contributed by atoms with Crippen molar-refractivity contribution in [3.63, 3.8) is 0 Å². The maximum absolute atomic E-state index is 11.7. The zero-order valence-corrected chi connectivity index (χ0v) is 19.0. The second-order valence-corrected chi connectivity index (χ2v) is 9.45. The normalized spacial score (nSPS) is 35.6. The van der Waals surface area contributed by atoms with Crippen LogP contribution in [0, 0.1) is 18.3 Å². The van der Waals surface area contributed by atoms with Crippen molar-refractivity contribution in [3.8, 4) is 5.75 Å². The van der Waals surface area contributed by atoms with Crippen molar-refractivity contribution in [2.45, 2.75) is 64.6 Å². The van der Waals surface area contributed by atoms with Crippen LogP contribution in [0.3, 0.4) is 0 Å². The van der Waals surface area contributed by atoms with Crippen LogP contribution in [0.4, 0.5) is 0 Å². The van der Waals surface area contributed by atoms with Crippen LogP contribution >= 0.6 is 0 Å². The summed E-state index contributed by atoms with van der Waals surface area (Å²) >= 11 is 0. The Morgan fingerprint density at radius 2 is 2.17 bits per heavy atom. The van der Waals surface area contributed by atoms with E-state index in [0.29, 0.717) is 18.7 Å². The standard InChI is InChI=1S/C25H36N2O3/c1-6-24-10-7-12-27-13-11-25(23(24)27,22-9-8-21(29-5)14-17(22)2)26-18(3)15-20(24)16-30-19(4)28/h7-10,14,18,20,23,26H,6,11-13,15-16H2,1-5H3. The molecule has 0 saturated carbocycles. The van der Waals surface area contributed by atoms with Crippen molar-refractivity contribution in [1.29, 1.82) is 0 Å². The van der Waals surface area contributed by atoms with Crippen LogP contribution in [0.25, 0.3) is 0 Å². The quantitative estimate of drug-likeness (QED) is 0.589. The molecule has 5 atom stereocenters. The van der Waals surface area contributed by atoms with E-state index >= 15 is 0 Å². The number of nitrogens with one attached hydrogen (secondary N) is 1. The molecule has 0 bridgehead atoms. The Labute approximate surface area is 180 Å². The molecule has 2 saturated heterocycles. The average molecular weight is 413 g/mol. The van der Waals surface area contributed by atoms with Gasteiger partial charge in [-0.15, -0.1) is 0 Å². The fourth-order valence-corrected chi connectivity index (χ4v) is 6.71. The second kappa shape index (κ2) is 8.01. The lowest BCUT2D eigenvalue weighted by Crippen LogP contribution is -2.61.